The Hall–Kier alpha value is -4.43. The number of primary amides is 1. The van der Waals surface area contributed by atoms with Crippen molar-refractivity contribution in [3.05, 3.63) is 88.9 Å². The van der Waals surface area contributed by atoms with Crippen molar-refractivity contribution in [1.82, 2.24) is 10.4 Å². The number of amides is 2. The van der Waals surface area contributed by atoms with Gasteiger partial charge in [0.2, 0.25) is 0 Å². The summed E-state index contributed by atoms with van der Waals surface area (Å²) in [6.45, 7) is -0.266. The maximum atomic E-state index is 13.1. The van der Waals surface area contributed by atoms with Crippen LogP contribution in [0.4, 0.5) is 0 Å². The van der Waals surface area contributed by atoms with Crippen molar-refractivity contribution in [2.75, 3.05) is 13.7 Å². The molecule has 3 aromatic carbocycles. The molecule has 0 unspecified atom stereocenters. The number of nitrogens with two attached hydrogens (primary N) is 1. The number of hydrazone groups is 1. The zero-order valence-electron chi connectivity index (χ0n) is 18.7. The van der Waals surface area contributed by atoms with Crippen molar-refractivity contribution in [2.45, 2.75) is 0 Å². The Kier molecular flexibility index (Phi) is 7.23. The van der Waals surface area contributed by atoms with Gasteiger partial charge in [-0.25, -0.2) is 10.4 Å². The number of nitrogens with zero attached hydrogens (tertiary/aromatic N) is 2. The van der Waals surface area contributed by atoms with Crippen molar-refractivity contribution in [2.24, 2.45) is 10.8 Å². The SMILES string of the molecule is COc1cc(/C=N/NC(=O)c2cc(-c3ccc(Cl)cc3)nc3ccccc23)ccc1OCC(N)=O. The second kappa shape index (κ2) is 10.7. The van der Waals surface area contributed by atoms with E-state index in [1.807, 2.05) is 36.4 Å². The maximum absolute atomic E-state index is 13.1. The number of carbonyl (C=O) groups is 2. The molecule has 0 fully saturated rings. The van der Waals surface area contributed by atoms with Gasteiger partial charge in [0.25, 0.3) is 11.8 Å². The summed E-state index contributed by atoms with van der Waals surface area (Å²) in [6.07, 6.45) is 1.47. The normalized spacial score (nSPS) is 10.9. The van der Waals surface area contributed by atoms with Gasteiger partial charge in [0, 0.05) is 16.0 Å². The number of benzene rings is 3. The van der Waals surface area contributed by atoms with Gasteiger partial charge in [-0.3, -0.25) is 9.59 Å². The van der Waals surface area contributed by atoms with Gasteiger partial charge in [-0.15, -0.1) is 0 Å². The molecule has 176 valence electrons. The predicted molar refractivity (Wildman–Crippen MR) is 135 cm³/mol. The number of carbonyl (C=O) groups excluding carboxylic acids is 2. The van der Waals surface area contributed by atoms with Crippen molar-refractivity contribution < 1.29 is 19.1 Å². The molecule has 0 saturated heterocycles. The topological polar surface area (TPSA) is 116 Å². The molecule has 4 rings (SSSR count). The lowest BCUT2D eigenvalue weighted by Gasteiger charge is -2.10. The first-order valence-electron chi connectivity index (χ1n) is 10.5. The van der Waals surface area contributed by atoms with Gasteiger partial charge in [0.15, 0.2) is 18.1 Å². The Morgan fingerprint density at radius 1 is 1.06 bits per heavy atom. The summed E-state index contributed by atoms with van der Waals surface area (Å²) >= 11 is 6.01. The molecule has 0 atom stereocenters. The van der Waals surface area contributed by atoms with Gasteiger partial charge in [-0.1, -0.05) is 41.9 Å². The van der Waals surface area contributed by atoms with Crippen LogP contribution >= 0.6 is 11.6 Å². The molecule has 0 aliphatic heterocycles. The third-order valence-corrected chi connectivity index (χ3v) is 5.29. The molecule has 0 aliphatic rings. The molecular weight excluding hydrogens is 468 g/mol. The number of pyridine rings is 1. The summed E-state index contributed by atoms with van der Waals surface area (Å²) in [7, 11) is 1.47. The van der Waals surface area contributed by atoms with Crippen LogP contribution in [0, 0.1) is 0 Å². The lowest BCUT2D eigenvalue weighted by atomic mass is 10.0. The zero-order chi connectivity index (χ0) is 24.8. The molecule has 1 aromatic heterocycles. The number of methoxy groups -OCH3 is 1. The quantitative estimate of drug-likeness (QED) is 0.285. The lowest BCUT2D eigenvalue weighted by molar-refractivity contribution is -0.119. The molecule has 0 bridgehead atoms. The molecule has 4 aromatic rings. The highest BCUT2D eigenvalue weighted by atomic mass is 35.5. The van der Waals surface area contributed by atoms with Crippen molar-refractivity contribution in [3.63, 3.8) is 0 Å². The van der Waals surface area contributed by atoms with Crippen LogP contribution in [0.3, 0.4) is 0 Å². The van der Waals surface area contributed by atoms with E-state index in [0.29, 0.717) is 44.2 Å². The van der Waals surface area contributed by atoms with Crippen molar-refractivity contribution >= 4 is 40.5 Å². The molecular formula is C26H21ClN4O4. The molecule has 2 amide bonds. The van der Waals surface area contributed by atoms with Crippen LogP contribution in [0.1, 0.15) is 15.9 Å². The Morgan fingerprint density at radius 3 is 2.57 bits per heavy atom. The molecule has 0 radical (unpaired) electrons. The number of halogens is 1. The number of ether oxygens (including phenoxy) is 2. The fraction of sp³-hybridized carbons (Fsp3) is 0.0769. The molecule has 0 aliphatic carbocycles. The van der Waals surface area contributed by atoms with E-state index in [-0.39, 0.29) is 12.5 Å². The zero-order valence-corrected chi connectivity index (χ0v) is 19.5. The van der Waals surface area contributed by atoms with E-state index < -0.39 is 5.91 Å². The van der Waals surface area contributed by atoms with E-state index in [9.17, 15) is 9.59 Å². The summed E-state index contributed by atoms with van der Waals surface area (Å²) in [6, 6.07) is 21.4. The number of hydrogen-bond acceptors (Lipinski definition) is 6. The fourth-order valence-corrected chi connectivity index (χ4v) is 3.52. The Balaban J connectivity index is 1.57. The number of rotatable bonds is 8. The average molecular weight is 489 g/mol. The van der Waals surface area contributed by atoms with Crippen LogP contribution in [0.5, 0.6) is 11.5 Å². The van der Waals surface area contributed by atoms with Gasteiger partial charge in [0.05, 0.1) is 30.1 Å². The Labute approximate surface area is 206 Å². The monoisotopic (exact) mass is 488 g/mol. The summed E-state index contributed by atoms with van der Waals surface area (Å²) in [5.41, 5.74) is 10.9. The standard InChI is InChI=1S/C26H21ClN4O4/c1-34-24-12-16(6-11-23(24)35-15-25(28)32)14-29-31-26(33)20-13-22(17-7-9-18(27)10-8-17)30-21-5-3-2-4-19(20)21/h2-14H,15H2,1H3,(H2,28,32)(H,31,33)/b29-14+. The number of nitrogens with one attached hydrogen (secondary N) is 1. The second-order valence-corrected chi connectivity index (χ2v) is 7.88. The minimum Gasteiger partial charge on any atom is -0.493 e. The molecule has 0 spiro atoms. The van der Waals surface area contributed by atoms with Gasteiger partial charge in [0.1, 0.15) is 0 Å². The van der Waals surface area contributed by atoms with Crippen molar-refractivity contribution in [1.29, 1.82) is 0 Å². The molecule has 3 N–H and O–H groups in total. The largest absolute Gasteiger partial charge is 0.493 e. The summed E-state index contributed by atoms with van der Waals surface area (Å²) in [5.74, 6) is -0.216. The predicted octanol–water partition coefficient (Wildman–Crippen LogP) is 4.19. The number of fused-ring (bicyclic) bond motifs is 1. The van der Waals surface area contributed by atoms with Crippen LogP contribution in [-0.2, 0) is 4.79 Å². The van der Waals surface area contributed by atoms with Gasteiger partial charge >= 0.3 is 0 Å². The number of aromatic nitrogens is 1. The number of para-hydroxylation sites is 1. The third kappa shape index (κ3) is 5.74. The minimum absolute atomic E-state index is 0.266. The molecule has 8 nitrogen and oxygen atoms in total. The smallest absolute Gasteiger partial charge is 0.272 e. The van der Waals surface area contributed by atoms with Gasteiger partial charge in [-0.2, -0.15) is 5.10 Å². The van der Waals surface area contributed by atoms with E-state index in [1.54, 1.807) is 36.4 Å². The fourth-order valence-electron chi connectivity index (χ4n) is 3.39. The average Bonchev–Trinajstić information content (AvgIpc) is 2.87. The summed E-state index contributed by atoms with van der Waals surface area (Å²) in [4.78, 5) is 28.7. The summed E-state index contributed by atoms with van der Waals surface area (Å²) < 4.78 is 10.6. The molecule has 35 heavy (non-hydrogen) atoms. The van der Waals surface area contributed by atoms with Crippen LogP contribution in [0.15, 0.2) is 77.9 Å². The van der Waals surface area contributed by atoms with Crippen molar-refractivity contribution in [3.8, 4) is 22.8 Å². The van der Waals surface area contributed by atoms with Crippen LogP contribution in [0.25, 0.3) is 22.2 Å². The van der Waals surface area contributed by atoms with Crippen LogP contribution in [-0.4, -0.2) is 36.7 Å². The Morgan fingerprint density at radius 2 is 1.83 bits per heavy atom. The Bertz CT molecular complexity index is 1420. The first-order valence-corrected chi connectivity index (χ1v) is 10.9. The van der Waals surface area contributed by atoms with Crippen LogP contribution in [0.2, 0.25) is 5.02 Å². The second-order valence-electron chi connectivity index (χ2n) is 7.44. The third-order valence-electron chi connectivity index (χ3n) is 5.04. The summed E-state index contributed by atoms with van der Waals surface area (Å²) in [5, 5.41) is 5.41. The first kappa shape index (κ1) is 23.7. The highest BCUT2D eigenvalue weighted by Gasteiger charge is 2.14. The van der Waals surface area contributed by atoms with Gasteiger partial charge < -0.3 is 15.2 Å². The molecule has 9 heteroatoms. The number of hydrogen-bond donors (Lipinski definition) is 2. The van der Waals surface area contributed by atoms with Crippen LogP contribution < -0.4 is 20.6 Å². The lowest BCUT2D eigenvalue weighted by Crippen LogP contribution is -2.20. The maximum Gasteiger partial charge on any atom is 0.272 e. The minimum atomic E-state index is -0.594. The van der Waals surface area contributed by atoms with E-state index in [2.05, 4.69) is 15.5 Å². The highest BCUT2D eigenvalue weighted by molar-refractivity contribution is 6.30. The van der Waals surface area contributed by atoms with E-state index >= 15 is 0 Å². The van der Waals surface area contributed by atoms with E-state index in [1.165, 1.54) is 13.3 Å². The van der Waals surface area contributed by atoms with Gasteiger partial charge in [-0.05, 0) is 48.0 Å². The molecule has 1 heterocycles. The molecule has 0 saturated carbocycles. The highest BCUT2D eigenvalue weighted by Crippen LogP contribution is 2.28. The van der Waals surface area contributed by atoms with E-state index in [4.69, 9.17) is 26.8 Å². The first-order chi connectivity index (χ1) is 16.9. The van der Waals surface area contributed by atoms with E-state index in [0.717, 1.165) is 5.56 Å².